The summed E-state index contributed by atoms with van der Waals surface area (Å²) in [6, 6.07) is 20.8. The molecule has 0 aliphatic carbocycles. The Hall–Kier alpha value is -2.07. The Labute approximate surface area is 190 Å². The van der Waals surface area contributed by atoms with Gasteiger partial charge >= 0.3 is 192 Å². The summed E-state index contributed by atoms with van der Waals surface area (Å²) in [5.41, 5.74) is 2.40. The van der Waals surface area contributed by atoms with Gasteiger partial charge in [0.1, 0.15) is 0 Å². The molecule has 1 radical (unpaired) electrons. The summed E-state index contributed by atoms with van der Waals surface area (Å²) >= 11 is 3.25. The van der Waals surface area contributed by atoms with Crippen molar-refractivity contribution in [3.8, 4) is 0 Å². The molecule has 0 saturated heterocycles. The summed E-state index contributed by atoms with van der Waals surface area (Å²) < 4.78 is 2.47. The molecule has 2 aliphatic heterocycles. The minimum absolute atomic E-state index is 0.0490. The molecule has 0 atom stereocenters. The van der Waals surface area contributed by atoms with Crippen LogP contribution in [0.4, 0.5) is 15.9 Å². The first-order chi connectivity index (χ1) is 14.1. The molecule has 2 aliphatic rings. The van der Waals surface area contributed by atoms with Crippen LogP contribution in [0.1, 0.15) is 4.44 Å². The van der Waals surface area contributed by atoms with E-state index in [0.29, 0.717) is 3.88 Å². The Morgan fingerprint density at radius 3 is 2.28 bits per heavy atom. The van der Waals surface area contributed by atoms with Crippen molar-refractivity contribution in [3.63, 3.8) is 0 Å². The molecule has 29 heavy (non-hydrogen) atoms. The second-order valence-electron chi connectivity index (χ2n) is 6.28. The van der Waals surface area contributed by atoms with Gasteiger partial charge in [-0.05, 0) is 0 Å². The average Bonchev–Trinajstić information content (AvgIpc) is 3.17. The molecule has 141 valence electrons. The second-order valence-corrected chi connectivity index (χ2v) is 10.8. The Morgan fingerprint density at radius 2 is 1.62 bits per heavy atom. The van der Waals surface area contributed by atoms with Crippen molar-refractivity contribution in [3.05, 3.63) is 70.7 Å². The molecule has 1 aromatic heterocycles. The van der Waals surface area contributed by atoms with Gasteiger partial charge in [-0.15, -0.1) is 0 Å². The van der Waals surface area contributed by atoms with Crippen LogP contribution < -0.4 is 10.2 Å². The molecule has 2 aromatic carbocycles. The van der Waals surface area contributed by atoms with Crippen LogP contribution in [0.25, 0.3) is 6.08 Å². The van der Waals surface area contributed by atoms with E-state index in [-0.39, 0.29) is 26.0 Å². The molecule has 2 amide bonds. The first-order valence-corrected chi connectivity index (χ1v) is 12.4. The third-order valence-electron chi connectivity index (χ3n) is 4.45. The van der Waals surface area contributed by atoms with Crippen LogP contribution in [0.5, 0.6) is 0 Å². The van der Waals surface area contributed by atoms with E-state index in [1.165, 1.54) is 32.1 Å². The number of benzene rings is 2. The van der Waals surface area contributed by atoms with Crippen molar-refractivity contribution < 1.29 is 9.59 Å². The molecule has 3 heterocycles. The number of amidine groups is 1. The molecule has 8 heteroatoms. The van der Waals surface area contributed by atoms with Crippen molar-refractivity contribution in [1.82, 2.24) is 5.32 Å². The number of rotatable bonds is 2. The van der Waals surface area contributed by atoms with E-state index in [0.717, 1.165) is 20.4 Å². The molecular formula is C21H12N3O2SSeTe. The first-order valence-electron chi connectivity index (χ1n) is 8.69. The summed E-state index contributed by atoms with van der Waals surface area (Å²) in [4.78, 5) is 32.9. The molecular weight excluding hydrogens is 565 g/mol. The predicted octanol–water partition coefficient (Wildman–Crippen LogP) is 3.24. The Bertz CT molecular complexity index is 1190. The molecule has 0 fully saturated rings. The van der Waals surface area contributed by atoms with Crippen LogP contribution in [-0.2, 0) is 9.59 Å². The number of carbonyl (C=O) groups is 2. The Kier molecular flexibility index (Phi) is 4.99. The van der Waals surface area contributed by atoms with Crippen molar-refractivity contribution in [2.45, 2.75) is 9.79 Å². The molecule has 5 rings (SSSR count). The Balaban J connectivity index is 1.58. The topological polar surface area (TPSA) is 61.8 Å². The van der Waals surface area contributed by atoms with Gasteiger partial charge in [-0.25, -0.2) is 0 Å². The number of aliphatic imine (C=N–C) groups is 1. The van der Waals surface area contributed by atoms with E-state index in [9.17, 15) is 9.59 Å². The summed E-state index contributed by atoms with van der Waals surface area (Å²) in [5, 5.41) is 2.61. The van der Waals surface area contributed by atoms with Crippen LogP contribution in [-0.4, -0.2) is 52.5 Å². The fraction of sp³-hybridized carbons (Fsp3) is 0. The van der Waals surface area contributed by atoms with E-state index in [1.807, 2.05) is 18.2 Å². The maximum absolute atomic E-state index is 12.2. The van der Waals surface area contributed by atoms with Gasteiger partial charge < -0.3 is 0 Å². The molecule has 1 N–H and O–H groups in total. The zero-order valence-corrected chi connectivity index (χ0v) is 19.6. The minimum atomic E-state index is -0.482. The van der Waals surface area contributed by atoms with E-state index in [4.69, 9.17) is 0 Å². The van der Waals surface area contributed by atoms with E-state index >= 15 is 0 Å². The van der Waals surface area contributed by atoms with E-state index in [2.05, 4.69) is 57.7 Å². The number of anilines is 3. The molecule has 0 spiro atoms. The number of hydrogen-bond acceptors (Lipinski definition) is 4. The van der Waals surface area contributed by atoms with Crippen LogP contribution in [0.2, 0.25) is 0 Å². The molecule has 3 aromatic rings. The zero-order chi connectivity index (χ0) is 20.0. The number of para-hydroxylation sites is 2. The van der Waals surface area contributed by atoms with Crippen molar-refractivity contribution in [2.75, 3.05) is 4.90 Å². The van der Waals surface area contributed by atoms with Crippen LogP contribution in [0, 0.1) is 0 Å². The SMILES string of the molecule is O=C1N=C([Te])NC(=O)/C1=C\c1ccc(N2c3ccccc3Sc3ccccc32)[se]1. The zero-order valence-electron chi connectivity index (χ0n) is 14.8. The number of hydrogen-bond donors (Lipinski definition) is 1. The van der Waals surface area contributed by atoms with Crippen molar-refractivity contribution in [1.29, 1.82) is 0 Å². The number of nitrogens with one attached hydrogen (secondary N) is 1. The summed E-state index contributed by atoms with van der Waals surface area (Å²) in [6.07, 6.45) is 1.68. The van der Waals surface area contributed by atoms with Gasteiger partial charge in [-0.2, -0.15) is 0 Å². The number of amides is 2. The van der Waals surface area contributed by atoms with Gasteiger partial charge in [0.2, 0.25) is 0 Å². The van der Waals surface area contributed by atoms with Gasteiger partial charge in [-0.1, -0.05) is 0 Å². The Morgan fingerprint density at radius 1 is 0.966 bits per heavy atom. The normalized spacial score (nSPS) is 16.9. The fourth-order valence-corrected chi connectivity index (χ4v) is 6.81. The quantitative estimate of drug-likeness (QED) is 0.226. The summed E-state index contributed by atoms with van der Waals surface area (Å²) in [7, 11) is 0. The van der Waals surface area contributed by atoms with Gasteiger partial charge in [0.25, 0.3) is 0 Å². The van der Waals surface area contributed by atoms with Crippen LogP contribution in [0.3, 0.4) is 0 Å². The van der Waals surface area contributed by atoms with E-state index in [1.54, 1.807) is 17.8 Å². The fourth-order valence-electron chi connectivity index (χ4n) is 3.19. The van der Waals surface area contributed by atoms with Gasteiger partial charge in [0.05, 0.1) is 0 Å². The summed E-state index contributed by atoms with van der Waals surface area (Å²) in [5.74, 6) is -0.871. The number of nitrogens with zero attached hydrogens (tertiary/aromatic N) is 2. The molecule has 0 saturated carbocycles. The predicted molar refractivity (Wildman–Crippen MR) is 117 cm³/mol. The van der Waals surface area contributed by atoms with Crippen molar-refractivity contribution in [2.24, 2.45) is 4.99 Å². The monoisotopic (exact) mass is 580 g/mol. The van der Waals surface area contributed by atoms with E-state index < -0.39 is 5.91 Å². The van der Waals surface area contributed by atoms with Gasteiger partial charge in [0.15, 0.2) is 0 Å². The van der Waals surface area contributed by atoms with Crippen LogP contribution in [0.15, 0.2) is 81.0 Å². The molecule has 0 bridgehead atoms. The third kappa shape index (κ3) is 3.52. The molecule has 0 unspecified atom stereocenters. The number of fused-ring (bicyclic) bond motifs is 2. The van der Waals surface area contributed by atoms with Crippen molar-refractivity contribution >= 4 is 86.3 Å². The van der Waals surface area contributed by atoms with Crippen LogP contribution >= 0.6 is 11.8 Å². The van der Waals surface area contributed by atoms with Gasteiger partial charge in [-0.3, -0.25) is 0 Å². The number of carbonyl (C=O) groups excluding carboxylic acids is 2. The standard InChI is InChI=1S/C21H12N3O2SSeTe/c25-19-13(20(26)23-21(29)22-19)11-12-9-10-18(28-12)24-14-5-1-3-7-16(14)27-17-8-4-2-6-15(17)24/h1-11H,(H,22,23,25,26). The maximum atomic E-state index is 12.2. The third-order valence-corrected chi connectivity index (χ3v) is 8.27. The molecule has 5 nitrogen and oxygen atoms in total. The summed E-state index contributed by atoms with van der Waals surface area (Å²) in [6.45, 7) is 0. The second kappa shape index (κ2) is 7.64. The van der Waals surface area contributed by atoms with Gasteiger partial charge in [0, 0.05) is 0 Å². The first kappa shape index (κ1) is 18.9. The average molecular weight is 577 g/mol.